The molecular formula is C27H19Cl2NO4. The first-order valence-corrected chi connectivity index (χ1v) is 11.4. The predicted molar refractivity (Wildman–Crippen MR) is 131 cm³/mol. The van der Waals surface area contributed by atoms with Crippen molar-refractivity contribution in [1.82, 2.24) is 0 Å². The minimum atomic E-state index is -1.19. The Bertz CT molecular complexity index is 1380. The van der Waals surface area contributed by atoms with E-state index < -0.39 is 17.3 Å². The number of halogens is 2. The molecular weight excluding hydrogens is 473 g/mol. The lowest BCUT2D eigenvalue weighted by Gasteiger charge is -2.41. The second-order valence-corrected chi connectivity index (χ2v) is 9.23. The standard InChI is InChI=1S/C27H19Cl2NO4/c1-34-25(32)16-7-5-15(6-8-16)22-13-20(31)14-23(17-3-2-4-18(28)11-17)27(22)21-10-9-19(29)12-24(21)30-26(27)33/h2-13,23H,14H2,1H3,(H,30,33)/t23-,27-/m0/s1. The number of rotatable bonds is 3. The van der Waals surface area contributed by atoms with Crippen LogP contribution in [-0.4, -0.2) is 24.8 Å². The summed E-state index contributed by atoms with van der Waals surface area (Å²) in [5.74, 6) is -1.31. The maximum atomic E-state index is 13.9. The van der Waals surface area contributed by atoms with Gasteiger partial charge in [-0.15, -0.1) is 0 Å². The van der Waals surface area contributed by atoms with Gasteiger partial charge in [-0.05, 0) is 64.7 Å². The number of esters is 1. The molecule has 0 saturated heterocycles. The number of fused-ring (bicyclic) bond motifs is 2. The van der Waals surface area contributed by atoms with Gasteiger partial charge in [-0.2, -0.15) is 0 Å². The number of carbonyl (C=O) groups excluding carboxylic acids is 3. The minimum Gasteiger partial charge on any atom is -0.465 e. The van der Waals surface area contributed by atoms with E-state index in [9.17, 15) is 14.4 Å². The molecule has 2 atom stereocenters. The fraction of sp³-hybridized carbons (Fsp3) is 0.148. The van der Waals surface area contributed by atoms with Crippen LogP contribution in [0.1, 0.15) is 39.4 Å². The summed E-state index contributed by atoms with van der Waals surface area (Å²) in [5, 5.41) is 4.00. The van der Waals surface area contributed by atoms with Gasteiger partial charge in [0.15, 0.2) is 5.78 Å². The maximum absolute atomic E-state index is 13.9. The van der Waals surface area contributed by atoms with Gasteiger partial charge in [0, 0.05) is 28.1 Å². The maximum Gasteiger partial charge on any atom is 0.337 e. The van der Waals surface area contributed by atoms with Crippen molar-refractivity contribution in [3.63, 3.8) is 0 Å². The molecule has 2 aliphatic rings. The van der Waals surface area contributed by atoms with Gasteiger partial charge in [-0.3, -0.25) is 9.59 Å². The van der Waals surface area contributed by atoms with Gasteiger partial charge in [-0.1, -0.05) is 53.5 Å². The van der Waals surface area contributed by atoms with Crippen LogP contribution in [0, 0.1) is 0 Å². The van der Waals surface area contributed by atoms with Gasteiger partial charge in [0.25, 0.3) is 0 Å². The van der Waals surface area contributed by atoms with Gasteiger partial charge in [0.05, 0.1) is 12.7 Å². The molecule has 1 spiro atoms. The fourth-order valence-corrected chi connectivity index (χ4v) is 5.47. The van der Waals surface area contributed by atoms with E-state index in [0.29, 0.717) is 32.4 Å². The molecule has 3 aromatic rings. The van der Waals surface area contributed by atoms with Crippen LogP contribution < -0.4 is 5.32 Å². The van der Waals surface area contributed by atoms with Crippen LogP contribution in [0.4, 0.5) is 5.69 Å². The summed E-state index contributed by atoms with van der Waals surface area (Å²) >= 11 is 12.5. The van der Waals surface area contributed by atoms with Crippen LogP contribution in [0.25, 0.3) is 5.57 Å². The number of methoxy groups -OCH3 is 1. The zero-order chi connectivity index (χ0) is 24.0. The van der Waals surface area contributed by atoms with Crippen LogP contribution in [0.15, 0.2) is 72.8 Å². The first kappa shape index (κ1) is 22.4. The first-order valence-electron chi connectivity index (χ1n) is 10.6. The van der Waals surface area contributed by atoms with Crippen molar-refractivity contribution in [2.24, 2.45) is 0 Å². The lowest BCUT2D eigenvalue weighted by molar-refractivity contribution is -0.121. The highest BCUT2D eigenvalue weighted by molar-refractivity contribution is 6.31. The average molecular weight is 492 g/mol. The van der Waals surface area contributed by atoms with Crippen LogP contribution >= 0.6 is 23.2 Å². The molecule has 5 nitrogen and oxygen atoms in total. The summed E-state index contributed by atoms with van der Waals surface area (Å²) in [6.07, 6.45) is 1.68. The van der Waals surface area contributed by atoms with E-state index in [0.717, 1.165) is 11.1 Å². The number of amides is 1. The van der Waals surface area contributed by atoms with Gasteiger partial charge < -0.3 is 10.1 Å². The van der Waals surface area contributed by atoms with E-state index in [-0.39, 0.29) is 18.1 Å². The van der Waals surface area contributed by atoms with Crippen molar-refractivity contribution in [2.45, 2.75) is 17.8 Å². The molecule has 170 valence electrons. The molecule has 1 amide bonds. The zero-order valence-corrected chi connectivity index (χ0v) is 19.6. The summed E-state index contributed by atoms with van der Waals surface area (Å²) < 4.78 is 4.80. The number of ether oxygens (including phenoxy) is 1. The summed E-state index contributed by atoms with van der Waals surface area (Å²) in [5.41, 5.74) is 2.53. The highest BCUT2D eigenvalue weighted by Gasteiger charge is 2.57. The molecule has 0 aromatic heterocycles. The van der Waals surface area contributed by atoms with Crippen molar-refractivity contribution in [1.29, 1.82) is 0 Å². The Morgan fingerprint density at radius 3 is 2.44 bits per heavy atom. The SMILES string of the molecule is COC(=O)c1ccc(C2=CC(=O)C[C@@H](c3cccc(Cl)c3)[C@@]23C(=O)Nc2cc(Cl)ccc23)cc1. The first-order chi connectivity index (χ1) is 16.3. The van der Waals surface area contributed by atoms with Crippen LogP contribution in [-0.2, 0) is 19.7 Å². The quantitative estimate of drug-likeness (QED) is 0.469. The highest BCUT2D eigenvalue weighted by Crippen LogP contribution is 2.58. The molecule has 1 aliphatic heterocycles. The van der Waals surface area contributed by atoms with Crippen LogP contribution in [0.5, 0.6) is 0 Å². The second-order valence-electron chi connectivity index (χ2n) is 8.36. The Labute approximate surface area is 206 Å². The fourth-order valence-electron chi connectivity index (χ4n) is 5.10. The van der Waals surface area contributed by atoms with E-state index in [4.69, 9.17) is 27.9 Å². The smallest absolute Gasteiger partial charge is 0.337 e. The van der Waals surface area contributed by atoms with Gasteiger partial charge >= 0.3 is 5.97 Å². The third kappa shape index (κ3) is 3.44. The summed E-state index contributed by atoms with van der Waals surface area (Å²) in [4.78, 5) is 38.8. The van der Waals surface area contributed by atoms with E-state index in [1.165, 1.54) is 13.2 Å². The van der Waals surface area contributed by atoms with Gasteiger partial charge in [0.1, 0.15) is 5.41 Å². The van der Waals surface area contributed by atoms with E-state index in [1.807, 2.05) is 18.2 Å². The summed E-state index contributed by atoms with van der Waals surface area (Å²) in [6.45, 7) is 0. The number of nitrogens with one attached hydrogen (secondary N) is 1. The summed E-state index contributed by atoms with van der Waals surface area (Å²) in [7, 11) is 1.31. The number of ketones is 1. The number of hydrogen-bond donors (Lipinski definition) is 1. The van der Waals surface area contributed by atoms with Crippen molar-refractivity contribution >= 4 is 52.1 Å². The normalized spacial score (nSPS) is 21.1. The molecule has 0 bridgehead atoms. The van der Waals surface area contributed by atoms with Crippen molar-refractivity contribution in [3.05, 3.63) is 105 Å². The Hall–Kier alpha value is -3.41. The van der Waals surface area contributed by atoms with E-state index in [1.54, 1.807) is 48.5 Å². The largest absolute Gasteiger partial charge is 0.465 e. The molecule has 34 heavy (non-hydrogen) atoms. The Kier molecular flexibility index (Phi) is 5.54. The Balaban J connectivity index is 1.78. The topological polar surface area (TPSA) is 72.5 Å². The number of carbonyl (C=O) groups is 3. The highest BCUT2D eigenvalue weighted by atomic mass is 35.5. The number of anilines is 1. The minimum absolute atomic E-state index is 0.0992. The molecule has 0 radical (unpaired) electrons. The summed E-state index contributed by atoms with van der Waals surface area (Å²) in [6, 6.07) is 19.3. The molecule has 7 heteroatoms. The zero-order valence-electron chi connectivity index (χ0n) is 18.1. The van der Waals surface area contributed by atoms with E-state index >= 15 is 0 Å². The predicted octanol–water partition coefficient (Wildman–Crippen LogP) is 5.81. The second kappa shape index (κ2) is 8.42. The molecule has 1 heterocycles. The Morgan fingerprint density at radius 2 is 1.74 bits per heavy atom. The molecule has 0 saturated carbocycles. The third-order valence-electron chi connectivity index (χ3n) is 6.54. The number of allylic oxidation sites excluding steroid dienone is 1. The number of benzene rings is 3. The molecule has 5 rings (SSSR count). The van der Waals surface area contributed by atoms with Gasteiger partial charge in [0.2, 0.25) is 5.91 Å². The number of hydrogen-bond acceptors (Lipinski definition) is 4. The van der Waals surface area contributed by atoms with Gasteiger partial charge in [-0.25, -0.2) is 4.79 Å². The van der Waals surface area contributed by atoms with Crippen LogP contribution in [0.2, 0.25) is 10.0 Å². The molecule has 1 aliphatic carbocycles. The van der Waals surface area contributed by atoms with E-state index in [2.05, 4.69) is 5.32 Å². The van der Waals surface area contributed by atoms with Crippen molar-refractivity contribution < 1.29 is 19.1 Å². The molecule has 0 fully saturated rings. The molecule has 0 unspecified atom stereocenters. The van der Waals surface area contributed by atoms with Crippen molar-refractivity contribution in [3.8, 4) is 0 Å². The third-order valence-corrected chi connectivity index (χ3v) is 7.01. The molecule has 1 N–H and O–H groups in total. The molecule has 3 aromatic carbocycles. The average Bonchev–Trinajstić information content (AvgIpc) is 3.11. The Morgan fingerprint density at radius 1 is 1.00 bits per heavy atom. The van der Waals surface area contributed by atoms with Crippen LogP contribution in [0.3, 0.4) is 0 Å². The lowest BCUT2D eigenvalue weighted by atomic mass is 9.58. The monoisotopic (exact) mass is 491 g/mol. The van der Waals surface area contributed by atoms with Crippen molar-refractivity contribution in [2.75, 3.05) is 12.4 Å². The lowest BCUT2D eigenvalue weighted by Crippen LogP contribution is -2.45.